The van der Waals surface area contributed by atoms with Gasteiger partial charge in [-0.15, -0.1) is 0 Å². The molecule has 0 aliphatic carbocycles. The average Bonchev–Trinajstić information content (AvgIpc) is 2.05. The summed E-state index contributed by atoms with van der Waals surface area (Å²) in [6, 6.07) is 8.71. The molecule has 1 aromatic rings. The third-order valence-corrected chi connectivity index (χ3v) is 4.46. The Morgan fingerprint density at radius 1 is 1.33 bits per heavy atom. The molecule has 4 heteroatoms. The molecule has 62 valence electrons. The molecule has 0 spiro atoms. The third-order valence-electron chi connectivity index (χ3n) is 1.50. The molecule has 0 saturated carbocycles. The summed E-state index contributed by atoms with van der Waals surface area (Å²) in [6.45, 7) is 0. The van der Waals surface area contributed by atoms with Crippen molar-refractivity contribution in [3.8, 4) is 0 Å². The van der Waals surface area contributed by atoms with Gasteiger partial charge in [-0.05, 0) is 0 Å². The van der Waals surface area contributed by atoms with Crippen molar-refractivity contribution < 1.29 is 17.0 Å². The van der Waals surface area contributed by atoms with Crippen LogP contribution in [-0.2, 0) is 0 Å². The number of rotatable bonds is 2. The van der Waals surface area contributed by atoms with Gasteiger partial charge >= 0.3 is 84.8 Å². The van der Waals surface area contributed by atoms with Crippen LogP contribution < -0.4 is 26.3 Å². The van der Waals surface area contributed by atoms with Gasteiger partial charge in [-0.25, -0.2) is 0 Å². The van der Waals surface area contributed by atoms with E-state index in [1.165, 1.54) is 10.1 Å². The second kappa shape index (κ2) is 6.27. The van der Waals surface area contributed by atoms with Crippen LogP contribution in [0.2, 0.25) is 0 Å². The van der Waals surface area contributed by atoms with Gasteiger partial charge in [0.2, 0.25) is 0 Å². The van der Waals surface area contributed by atoms with Crippen LogP contribution in [0.1, 0.15) is 0 Å². The Hall–Kier alpha value is 0.786. The number of nitrogens with zero attached hydrogens (tertiary/aromatic N) is 1. The van der Waals surface area contributed by atoms with Crippen LogP contribution in [0.15, 0.2) is 24.3 Å². The fourth-order valence-electron chi connectivity index (χ4n) is 0.851. The molecule has 0 bridgehead atoms. The molecule has 1 rings (SSSR count). The molecular weight excluding hydrogens is 293 g/mol. The van der Waals surface area contributed by atoms with Crippen LogP contribution in [0.25, 0.3) is 0 Å². The first-order valence-electron chi connectivity index (χ1n) is 3.43. The Kier molecular flexibility index (Phi) is 6.68. The fraction of sp³-hybridized carbons (Fsp3) is 0.250. The molecule has 0 aliphatic rings. The van der Waals surface area contributed by atoms with Gasteiger partial charge in [0, 0.05) is 0 Å². The van der Waals surface area contributed by atoms with Gasteiger partial charge in [0.15, 0.2) is 0 Å². The molecule has 0 aromatic heterocycles. The Morgan fingerprint density at radius 2 is 2.00 bits per heavy atom. The van der Waals surface area contributed by atoms with E-state index in [1.807, 2.05) is 0 Å². The third kappa shape index (κ3) is 3.67. The van der Waals surface area contributed by atoms with E-state index >= 15 is 0 Å². The van der Waals surface area contributed by atoms with Crippen molar-refractivity contribution in [2.24, 2.45) is 0 Å². The van der Waals surface area contributed by atoms with Crippen molar-refractivity contribution in [1.29, 1.82) is 0 Å². The zero-order valence-electron chi connectivity index (χ0n) is 7.25. The Labute approximate surface area is 101 Å². The predicted octanol–water partition coefficient (Wildman–Crippen LogP) is -2.83. The summed E-state index contributed by atoms with van der Waals surface area (Å²) in [5.41, 5.74) is 1.30. The summed E-state index contributed by atoms with van der Waals surface area (Å²) in [5.74, 6) is 0. The Balaban J connectivity index is 0.00000121. The Morgan fingerprint density at radius 3 is 2.50 bits per heavy atom. The van der Waals surface area contributed by atoms with Crippen molar-refractivity contribution in [2.75, 3.05) is 19.0 Å². The van der Waals surface area contributed by atoms with Crippen LogP contribution in [0, 0.1) is 0 Å². The van der Waals surface area contributed by atoms with E-state index in [4.69, 9.17) is 0 Å². The van der Waals surface area contributed by atoms with Gasteiger partial charge < -0.3 is 17.0 Å². The van der Waals surface area contributed by atoms with Crippen LogP contribution in [0.3, 0.4) is 0 Å². The number of halogens is 1. The van der Waals surface area contributed by atoms with Gasteiger partial charge in [0.25, 0.3) is 0 Å². The quantitative estimate of drug-likeness (QED) is 0.533. The van der Waals surface area contributed by atoms with Crippen LogP contribution >= 0.6 is 0 Å². The molecule has 0 heterocycles. The minimum atomic E-state index is 0. The normalized spacial score (nSPS) is 9.00. The number of hydrogen-bond donors (Lipinski definition) is 0. The smallest absolute Gasteiger partial charge is 1.00 e. The van der Waals surface area contributed by atoms with E-state index in [0.29, 0.717) is 11.9 Å². The van der Waals surface area contributed by atoms with Crippen molar-refractivity contribution in [3.63, 3.8) is 0 Å². The average molecular weight is 303 g/mol. The monoisotopic (exact) mass is 303 g/mol. The van der Waals surface area contributed by atoms with E-state index in [-0.39, 0.29) is 17.0 Å². The molecule has 0 unspecified atom stereocenters. The molecule has 0 amide bonds. The molecular formula is C8H10BrMgNSe. The standard InChI is InChI=1S/C8H11NSe.BrH.Mg/c1-9(2)7-4-3-5-8(10)6-7;;/h3-6,10H,1-2H3;1H;/q;;+2/p-2. The minimum absolute atomic E-state index is 0. The largest absolute Gasteiger partial charge is 1.00 e. The second-order valence-electron chi connectivity index (χ2n) is 2.54. The van der Waals surface area contributed by atoms with Crippen molar-refractivity contribution in [3.05, 3.63) is 24.3 Å². The van der Waals surface area contributed by atoms with Crippen molar-refractivity contribution >= 4 is 41.6 Å². The van der Waals surface area contributed by atoms with E-state index in [2.05, 4.69) is 62.8 Å². The molecule has 0 atom stereocenters. The number of anilines is 1. The molecule has 12 heavy (non-hydrogen) atoms. The minimum Gasteiger partial charge on any atom is -1.00 e. The summed E-state index contributed by atoms with van der Waals surface area (Å²) in [6.07, 6.45) is 0. The molecule has 1 aromatic carbocycles. The Bertz CT molecular complexity index is 242. The first-order chi connectivity index (χ1) is 5.24. The molecule has 0 saturated heterocycles. The maximum absolute atomic E-state index is 2.26. The van der Waals surface area contributed by atoms with Crippen LogP contribution in [0.4, 0.5) is 5.69 Å². The molecule has 0 radical (unpaired) electrons. The second-order valence-corrected chi connectivity index (χ2v) is 5.63. The van der Waals surface area contributed by atoms with Crippen molar-refractivity contribution in [1.82, 2.24) is 0 Å². The van der Waals surface area contributed by atoms with Gasteiger partial charge in [-0.1, -0.05) is 0 Å². The van der Waals surface area contributed by atoms with Gasteiger partial charge in [-0.2, -0.15) is 0 Å². The van der Waals surface area contributed by atoms with Gasteiger partial charge in [0.05, 0.1) is 0 Å². The number of benzene rings is 1. The van der Waals surface area contributed by atoms with E-state index < -0.39 is 0 Å². The van der Waals surface area contributed by atoms with Crippen LogP contribution in [0.5, 0.6) is 0 Å². The zero-order valence-corrected chi connectivity index (χ0v) is 12.0. The van der Waals surface area contributed by atoms with Crippen molar-refractivity contribution in [2.45, 2.75) is 0 Å². The maximum Gasteiger partial charge on any atom is -1.00 e. The van der Waals surface area contributed by atoms with E-state index in [1.54, 1.807) is 0 Å². The summed E-state index contributed by atoms with van der Waals surface area (Å²) < 4.78 is 1.47. The summed E-state index contributed by atoms with van der Waals surface area (Å²) >= 11 is 2.70. The predicted molar refractivity (Wildman–Crippen MR) is 51.9 cm³/mol. The number of hydrogen-bond acceptors (Lipinski definition) is 1. The van der Waals surface area contributed by atoms with Gasteiger partial charge in [-0.3, -0.25) is 0 Å². The first-order valence-corrected chi connectivity index (χ1v) is 8.50. The topological polar surface area (TPSA) is 3.24 Å². The molecule has 1 nitrogen and oxygen atoms in total. The fourth-order valence-corrected chi connectivity index (χ4v) is 2.58. The summed E-state index contributed by atoms with van der Waals surface area (Å²) in [4.78, 5) is 2.14. The molecule has 0 fully saturated rings. The van der Waals surface area contributed by atoms with E-state index in [0.717, 1.165) is 0 Å². The first kappa shape index (κ1) is 12.8. The molecule has 0 aliphatic heterocycles. The SMILES string of the molecule is CN(C)c1cccc([Se][Mg+])c1.[Br-]. The van der Waals surface area contributed by atoms with E-state index in [9.17, 15) is 0 Å². The zero-order chi connectivity index (χ0) is 8.27. The van der Waals surface area contributed by atoms with Crippen LogP contribution in [-0.4, -0.2) is 45.5 Å². The summed E-state index contributed by atoms with van der Waals surface area (Å²) in [5, 5.41) is 0. The maximum atomic E-state index is 2.26. The van der Waals surface area contributed by atoms with Gasteiger partial charge in [0.1, 0.15) is 0 Å². The summed E-state index contributed by atoms with van der Waals surface area (Å²) in [7, 11) is 4.15. The molecule has 0 N–H and O–H groups in total.